The van der Waals surface area contributed by atoms with Crippen molar-refractivity contribution >= 4 is 23.9 Å². The minimum atomic E-state index is -1.92. The van der Waals surface area contributed by atoms with Gasteiger partial charge in [-0.3, -0.25) is 14.4 Å². The van der Waals surface area contributed by atoms with E-state index in [2.05, 4.69) is 136 Å². The summed E-state index contributed by atoms with van der Waals surface area (Å²) in [7, 11) is 0. The normalized spacial score (nSPS) is 18.9. The summed E-state index contributed by atoms with van der Waals surface area (Å²) in [6, 6.07) is 0. The van der Waals surface area contributed by atoms with Crippen LogP contribution in [-0.2, 0) is 42.9 Å². The molecule has 0 aromatic rings. The zero-order valence-electron chi connectivity index (χ0n) is 47.7. The molecule has 6 unspecified atom stereocenters. The minimum absolute atomic E-state index is 0.0311. The molecule has 77 heavy (non-hydrogen) atoms. The molecule has 1 aliphatic rings. The van der Waals surface area contributed by atoms with Crippen LogP contribution in [0.5, 0.6) is 0 Å². The van der Waals surface area contributed by atoms with Crippen LogP contribution in [0.4, 0.5) is 0 Å². The topological polar surface area (TPSA) is 175 Å². The van der Waals surface area contributed by atoms with Gasteiger partial charge in [-0.15, -0.1) is 0 Å². The van der Waals surface area contributed by atoms with Gasteiger partial charge in [0.15, 0.2) is 24.6 Å². The van der Waals surface area contributed by atoms with E-state index in [4.69, 9.17) is 23.7 Å². The molecule has 0 spiro atoms. The molecule has 0 amide bonds. The van der Waals surface area contributed by atoms with Gasteiger partial charge in [-0.05, 0) is 116 Å². The molecule has 0 bridgehead atoms. The summed E-state index contributed by atoms with van der Waals surface area (Å²) in [4.78, 5) is 51.1. The quantitative estimate of drug-likeness (QED) is 0.0228. The predicted octanol–water partition coefficient (Wildman–Crippen LogP) is 15.2. The van der Waals surface area contributed by atoms with Gasteiger partial charge < -0.3 is 39.0 Å². The Bertz CT molecular complexity index is 1800. The molecule has 6 atom stereocenters. The average molecular weight is 1080 g/mol. The molecule has 0 aromatic heterocycles. The number of carboxylic acid groups (broad SMARTS) is 1. The van der Waals surface area contributed by atoms with Gasteiger partial charge in [0.1, 0.15) is 18.8 Å². The Hall–Kier alpha value is -4.88. The molecule has 1 aliphatic heterocycles. The maximum absolute atomic E-state index is 13.2. The summed E-state index contributed by atoms with van der Waals surface area (Å²) >= 11 is 0. The van der Waals surface area contributed by atoms with Gasteiger partial charge in [0, 0.05) is 19.3 Å². The fraction of sp³-hybridized carbons (Fsp3) is 0.631. The number of hydrogen-bond donors (Lipinski definition) is 3. The summed E-state index contributed by atoms with van der Waals surface area (Å²) in [5.74, 6) is -3.25. The number of carbonyl (C=O) groups is 4. The summed E-state index contributed by atoms with van der Waals surface area (Å²) in [6.07, 6.45) is 58.9. The lowest BCUT2D eigenvalue weighted by Crippen LogP contribution is -2.61. The lowest BCUT2D eigenvalue weighted by molar-refractivity contribution is -0.301. The molecule has 0 aliphatic carbocycles. The number of carboxylic acids is 1. The molecule has 12 nitrogen and oxygen atoms in total. The van der Waals surface area contributed by atoms with E-state index in [1.54, 1.807) is 0 Å². The van der Waals surface area contributed by atoms with Crippen LogP contribution < -0.4 is 0 Å². The van der Waals surface area contributed by atoms with Crippen molar-refractivity contribution in [1.82, 2.24) is 0 Å². The Kier molecular flexibility index (Phi) is 47.2. The second-order valence-corrected chi connectivity index (χ2v) is 19.5. The van der Waals surface area contributed by atoms with E-state index in [-0.39, 0.29) is 25.9 Å². The Morgan fingerprint density at radius 2 is 0.831 bits per heavy atom. The first-order chi connectivity index (χ1) is 37.6. The van der Waals surface area contributed by atoms with Crippen LogP contribution in [0.2, 0.25) is 0 Å². The maximum atomic E-state index is 13.2. The number of allylic oxidation sites excluding steroid dienone is 20. The highest BCUT2D eigenvalue weighted by Crippen LogP contribution is 2.26. The first kappa shape index (κ1) is 70.1. The number of unbranched alkanes of at least 4 members (excludes halogenated alkanes) is 14. The monoisotopic (exact) mass is 1070 g/mol. The van der Waals surface area contributed by atoms with Gasteiger partial charge >= 0.3 is 23.9 Å². The standard InChI is InChI=1S/C65H102O12/c1-4-7-10-13-16-19-22-25-27-29-31-34-36-39-42-45-48-51-57(66)73-54-56(75-58(67)52-49-46-43-40-38-35-32-30-28-26-23-20-17-14-11-8-5-2)55-74-65-63(61(70)60(69)62(77-65)64(71)72)76-59(68)53-50-47-44-41-37-33-24-21-18-15-12-9-6-3/h7-8,10-12,15-17,19-21,24-28,31,34,39,42,56,60-63,65,69-70H,4-6,9,13-14,18,22-23,29-30,32-33,35-38,40-41,43-55H2,1-3H3,(H,71,72)/b10-7-,11-8-,15-12-,19-16-,20-17-,24-21-,27-25-,28-26-,34-31-,42-39-. The Morgan fingerprint density at radius 3 is 1.29 bits per heavy atom. The van der Waals surface area contributed by atoms with Crippen LogP contribution >= 0.6 is 0 Å². The van der Waals surface area contributed by atoms with Crippen molar-refractivity contribution < 1.29 is 58.2 Å². The number of esters is 3. The molecular weight excluding hydrogens is 973 g/mol. The number of aliphatic hydroxyl groups is 2. The van der Waals surface area contributed by atoms with Crippen molar-refractivity contribution in [2.24, 2.45) is 0 Å². The Balaban J connectivity index is 2.75. The van der Waals surface area contributed by atoms with Crippen LogP contribution in [-0.4, -0.2) is 89.2 Å². The predicted molar refractivity (Wildman–Crippen MR) is 312 cm³/mol. The molecule has 1 fully saturated rings. The highest BCUT2D eigenvalue weighted by atomic mass is 16.7. The highest BCUT2D eigenvalue weighted by Gasteiger charge is 2.50. The Morgan fingerprint density at radius 1 is 0.442 bits per heavy atom. The third kappa shape index (κ3) is 41.8. The molecule has 1 rings (SSSR count). The van der Waals surface area contributed by atoms with Gasteiger partial charge in [0.25, 0.3) is 0 Å². The van der Waals surface area contributed by atoms with Crippen molar-refractivity contribution in [3.05, 3.63) is 122 Å². The number of ether oxygens (including phenoxy) is 5. The Labute approximate surface area is 465 Å². The molecule has 434 valence electrons. The third-order valence-corrected chi connectivity index (χ3v) is 12.5. The molecule has 0 aromatic carbocycles. The fourth-order valence-electron chi connectivity index (χ4n) is 8.04. The first-order valence-electron chi connectivity index (χ1n) is 29.5. The number of hydrogen-bond acceptors (Lipinski definition) is 11. The lowest BCUT2D eigenvalue weighted by Gasteiger charge is -2.40. The smallest absolute Gasteiger partial charge is 0.335 e. The summed E-state index contributed by atoms with van der Waals surface area (Å²) in [5.41, 5.74) is 0. The minimum Gasteiger partial charge on any atom is -0.479 e. The van der Waals surface area contributed by atoms with E-state index >= 15 is 0 Å². The van der Waals surface area contributed by atoms with Crippen LogP contribution in [0, 0.1) is 0 Å². The molecule has 3 N–H and O–H groups in total. The van der Waals surface area contributed by atoms with Gasteiger partial charge in [0.2, 0.25) is 0 Å². The van der Waals surface area contributed by atoms with E-state index in [9.17, 15) is 34.5 Å². The number of aliphatic carboxylic acids is 1. The van der Waals surface area contributed by atoms with Crippen LogP contribution in [0.1, 0.15) is 213 Å². The lowest BCUT2D eigenvalue weighted by atomic mass is 9.98. The number of rotatable bonds is 48. The number of aliphatic hydroxyl groups excluding tert-OH is 2. The highest BCUT2D eigenvalue weighted by molar-refractivity contribution is 5.74. The van der Waals surface area contributed by atoms with E-state index in [0.29, 0.717) is 25.7 Å². The second kappa shape index (κ2) is 51.9. The van der Waals surface area contributed by atoms with E-state index in [1.165, 1.54) is 0 Å². The maximum Gasteiger partial charge on any atom is 0.335 e. The van der Waals surface area contributed by atoms with Gasteiger partial charge in [-0.2, -0.15) is 0 Å². The first-order valence-corrected chi connectivity index (χ1v) is 29.5. The van der Waals surface area contributed by atoms with Crippen molar-refractivity contribution in [3.8, 4) is 0 Å². The van der Waals surface area contributed by atoms with Crippen LogP contribution in [0.3, 0.4) is 0 Å². The van der Waals surface area contributed by atoms with Gasteiger partial charge in [-0.1, -0.05) is 200 Å². The number of carbonyl (C=O) groups excluding carboxylic acids is 3. The van der Waals surface area contributed by atoms with E-state index < -0.39 is 67.3 Å². The van der Waals surface area contributed by atoms with Gasteiger partial charge in [-0.25, -0.2) is 4.79 Å². The van der Waals surface area contributed by atoms with E-state index in [0.717, 1.165) is 148 Å². The summed E-state index contributed by atoms with van der Waals surface area (Å²) in [6.45, 7) is 5.62. The zero-order valence-corrected chi connectivity index (χ0v) is 47.7. The third-order valence-electron chi connectivity index (χ3n) is 12.5. The molecular formula is C65H102O12. The molecule has 0 radical (unpaired) electrons. The largest absolute Gasteiger partial charge is 0.479 e. The van der Waals surface area contributed by atoms with Gasteiger partial charge in [0.05, 0.1) is 6.61 Å². The van der Waals surface area contributed by atoms with Crippen molar-refractivity contribution in [2.75, 3.05) is 13.2 Å². The van der Waals surface area contributed by atoms with E-state index in [1.807, 2.05) is 6.08 Å². The summed E-state index contributed by atoms with van der Waals surface area (Å²) < 4.78 is 28.3. The zero-order chi connectivity index (χ0) is 56.1. The SMILES string of the molecule is CC/C=C\C/C=C\C/C=C\C/C=C\C/C=C\CCCC(=O)OCC(COC1OC(C(=O)O)C(O)C(O)C1OC(=O)CCCCCCC/C=C\C/C=C\CCC)OC(=O)CCCCCCCCC/C=C\C/C=C\C/C=C\CC. The second-order valence-electron chi connectivity index (χ2n) is 19.5. The van der Waals surface area contributed by atoms with Crippen molar-refractivity contribution in [2.45, 2.75) is 250 Å². The van der Waals surface area contributed by atoms with Crippen molar-refractivity contribution in [1.29, 1.82) is 0 Å². The fourth-order valence-corrected chi connectivity index (χ4v) is 8.04. The average Bonchev–Trinajstić information content (AvgIpc) is 3.42. The molecule has 0 saturated carbocycles. The van der Waals surface area contributed by atoms with Crippen LogP contribution in [0.15, 0.2) is 122 Å². The summed E-state index contributed by atoms with van der Waals surface area (Å²) in [5, 5.41) is 31.5. The molecule has 1 heterocycles. The van der Waals surface area contributed by atoms with Crippen LogP contribution in [0.25, 0.3) is 0 Å². The van der Waals surface area contributed by atoms with Crippen molar-refractivity contribution in [3.63, 3.8) is 0 Å². The molecule has 1 saturated heterocycles. The molecule has 12 heteroatoms.